The minimum Gasteiger partial charge on any atom is -0.270 e. The molecule has 2 heteroatoms. The molecule has 41 valence electrons. The molecule has 0 amide bonds. The molecule has 1 aliphatic rings. The van der Waals surface area contributed by atoms with Gasteiger partial charge in [-0.25, -0.2) is 5.32 Å². The first-order valence-electron chi connectivity index (χ1n) is 2.44. The van der Waals surface area contributed by atoms with Crippen LogP contribution in [-0.2, 0) is 0 Å². The molecule has 1 radical (unpaired) electrons. The lowest BCUT2D eigenvalue weighted by Gasteiger charge is -1.96. The third kappa shape index (κ3) is 0.964. The quantitative estimate of drug-likeness (QED) is 0.435. The lowest BCUT2D eigenvalue weighted by molar-refractivity contribution is 1.21. The number of rotatable bonds is 0. The van der Waals surface area contributed by atoms with Gasteiger partial charge >= 0.3 is 0 Å². The molecular formula is C6H7N2. The summed E-state index contributed by atoms with van der Waals surface area (Å²) >= 11 is 0. The van der Waals surface area contributed by atoms with Gasteiger partial charge in [0, 0.05) is 13.2 Å². The van der Waals surface area contributed by atoms with Gasteiger partial charge in [0.05, 0.1) is 0 Å². The summed E-state index contributed by atoms with van der Waals surface area (Å²) in [4.78, 5) is 3.86. The van der Waals surface area contributed by atoms with Crippen LogP contribution in [0.25, 0.3) is 0 Å². The highest BCUT2D eigenvalue weighted by molar-refractivity contribution is 5.94. The van der Waals surface area contributed by atoms with Gasteiger partial charge in [-0.2, -0.15) is 0 Å². The van der Waals surface area contributed by atoms with E-state index in [1.807, 2.05) is 18.2 Å². The maximum atomic E-state index is 3.93. The summed E-state index contributed by atoms with van der Waals surface area (Å²) in [6.45, 7) is 0. The van der Waals surface area contributed by atoms with E-state index in [1.54, 1.807) is 13.2 Å². The fraction of sp³-hybridized carbons (Fsp3) is 0.167. The Hall–Kier alpha value is -1.05. The lowest BCUT2D eigenvalue weighted by atomic mass is 10.4. The van der Waals surface area contributed by atoms with Crippen molar-refractivity contribution in [2.75, 3.05) is 7.05 Å². The van der Waals surface area contributed by atoms with Crippen LogP contribution in [0.3, 0.4) is 0 Å². The van der Waals surface area contributed by atoms with Gasteiger partial charge in [-0.05, 0) is 12.2 Å². The third-order valence-electron chi connectivity index (χ3n) is 0.878. The van der Waals surface area contributed by atoms with Crippen LogP contribution >= 0.6 is 0 Å². The van der Waals surface area contributed by atoms with Crippen LogP contribution in [0.2, 0.25) is 0 Å². The summed E-state index contributed by atoms with van der Waals surface area (Å²) in [7, 11) is 1.72. The first-order valence-corrected chi connectivity index (χ1v) is 2.44. The first-order chi connectivity index (χ1) is 3.93. The second-order valence-corrected chi connectivity index (χ2v) is 1.41. The third-order valence-corrected chi connectivity index (χ3v) is 0.878. The van der Waals surface area contributed by atoms with Gasteiger partial charge in [0.15, 0.2) is 0 Å². The fourth-order valence-electron chi connectivity index (χ4n) is 0.486. The van der Waals surface area contributed by atoms with E-state index in [0.717, 1.165) is 5.84 Å². The Balaban J connectivity index is 2.66. The van der Waals surface area contributed by atoms with E-state index in [4.69, 9.17) is 0 Å². The van der Waals surface area contributed by atoms with Gasteiger partial charge < -0.3 is 0 Å². The molecule has 0 unspecified atom stereocenters. The van der Waals surface area contributed by atoms with Crippen molar-refractivity contribution in [3.8, 4) is 0 Å². The smallest absolute Gasteiger partial charge is 0.146 e. The van der Waals surface area contributed by atoms with E-state index < -0.39 is 0 Å². The predicted molar refractivity (Wildman–Crippen MR) is 33.8 cm³/mol. The average Bonchev–Trinajstić information content (AvgIpc) is 1.90. The summed E-state index contributed by atoms with van der Waals surface area (Å²) in [5.41, 5.74) is 0. The Bertz CT molecular complexity index is 154. The normalized spacial score (nSPS) is 21.4. The minimum absolute atomic E-state index is 0.785. The van der Waals surface area contributed by atoms with Gasteiger partial charge in [0.25, 0.3) is 0 Å². The van der Waals surface area contributed by atoms with Crippen molar-refractivity contribution in [2.45, 2.75) is 0 Å². The van der Waals surface area contributed by atoms with Crippen molar-refractivity contribution in [1.82, 2.24) is 5.32 Å². The second kappa shape index (κ2) is 2.31. The Morgan fingerprint density at radius 1 is 1.50 bits per heavy atom. The zero-order chi connectivity index (χ0) is 5.82. The SMILES string of the molecule is CN=C1C=CC=C[N]1. The molecule has 0 aromatic carbocycles. The molecular weight excluding hydrogens is 100 g/mol. The van der Waals surface area contributed by atoms with Crippen LogP contribution in [0.1, 0.15) is 0 Å². The molecule has 1 rings (SSSR count). The fourth-order valence-corrected chi connectivity index (χ4v) is 0.486. The molecule has 8 heavy (non-hydrogen) atoms. The van der Waals surface area contributed by atoms with Crippen LogP contribution in [0, 0.1) is 0 Å². The second-order valence-electron chi connectivity index (χ2n) is 1.41. The Labute approximate surface area is 48.6 Å². The number of hydrogen-bond acceptors (Lipinski definition) is 1. The van der Waals surface area contributed by atoms with Crippen molar-refractivity contribution < 1.29 is 0 Å². The molecule has 1 aliphatic heterocycles. The lowest BCUT2D eigenvalue weighted by Crippen LogP contribution is -2.07. The van der Waals surface area contributed by atoms with Gasteiger partial charge in [-0.3, -0.25) is 4.99 Å². The standard InChI is InChI=1S/C6H7N2/c1-7-6-4-2-3-5-8-6/h2-5H,1H3. The van der Waals surface area contributed by atoms with Crippen LogP contribution in [0.5, 0.6) is 0 Å². The van der Waals surface area contributed by atoms with E-state index in [0.29, 0.717) is 0 Å². The van der Waals surface area contributed by atoms with Gasteiger partial charge in [0.1, 0.15) is 5.84 Å². The van der Waals surface area contributed by atoms with Gasteiger partial charge in [-0.15, -0.1) is 0 Å². The number of allylic oxidation sites excluding steroid dienone is 2. The van der Waals surface area contributed by atoms with Crippen molar-refractivity contribution in [3.63, 3.8) is 0 Å². The topological polar surface area (TPSA) is 26.5 Å². The van der Waals surface area contributed by atoms with Crippen LogP contribution in [-0.4, -0.2) is 12.9 Å². The van der Waals surface area contributed by atoms with E-state index in [2.05, 4.69) is 10.3 Å². The van der Waals surface area contributed by atoms with Crippen molar-refractivity contribution >= 4 is 5.84 Å². The molecule has 0 spiro atoms. The maximum absolute atomic E-state index is 3.93. The number of aliphatic imine (C=N–C) groups is 1. The first kappa shape index (κ1) is 5.09. The Morgan fingerprint density at radius 2 is 2.38 bits per heavy atom. The highest BCUT2D eigenvalue weighted by atomic mass is 15.0. The average molecular weight is 107 g/mol. The van der Waals surface area contributed by atoms with Crippen LogP contribution < -0.4 is 5.32 Å². The van der Waals surface area contributed by atoms with Crippen molar-refractivity contribution in [1.29, 1.82) is 0 Å². The minimum atomic E-state index is 0.785. The van der Waals surface area contributed by atoms with Crippen LogP contribution in [0.4, 0.5) is 0 Å². The molecule has 0 bridgehead atoms. The van der Waals surface area contributed by atoms with Gasteiger partial charge in [-0.1, -0.05) is 6.08 Å². The van der Waals surface area contributed by atoms with E-state index >= 15 is 0 Å². The largest absolute Gasteiger partial charge is 0.270 e. The monoisotopic (exact) mass is 107 g/mol. The zero-order valence-electron chi connectivity index (χ0n) is 4.70. The molecule has 0 atom stereocenters. The molecule has 0 saturated heterocycles. The highest BCUT2D eigenvalue weighted by Crippen LogP contribution is 1.87. The van der Waals surface area contributed by atoms with Gasteiger partial charge in [0.2, 0.25) is 0 Å². The number of nitrogens with zero attached hydrogens (tertiary/aromatic N) is 2. The predicted octanol–water partition coefficient (Wildman–Crippen LogP) is 0.703. The molecule has 0 aromatic heterocycles. The Kier molecular flexibility index (Phi) is 1.47. The summed E-state index contributed by atoms with van der Waals surface area (Å²) in [6.07, 6.45) is 7.37. The number of amidine groups is 1. The Morgan fingerprint density at radius 3 is 2.75 bits per heavy atom. The molecule has 0 aromatic rings. The van der Waals surface area contributed by atoms with Crippen LogP contribution in [0.15, 0.2) is 29.4 Å². The molecule has 2 nitrogen and oxygen atoms in total. The molecule has 0 fully saturated rings. The molecule has 0 aliphatic carbocycles. The zero-order valence-corrected chi connectivity index (χ0v) is 4.70. The van der Waals surface area contributed by atoms with E-state index in [9.17, 15) is 0 Å². The van der Waals surface area contributed by atoms with Crippen molar-refractivity contribution in [3.05, 3.63) is 24.4 Å². The van der Waals surface area contributed by atoms with Crippen molar-refractivity contribution in [2.24, 2.45) is 4.99 Å². The highest BCUT2D eigenvalue weighted by Gasteiger charge is 1.90. The summed E-state index contributed by atoms with van der Waals surface area (Å²) < 4.78 is 0. The molecule has 0 N–H and O–H groups in total. The molecule has 0 saturated carbocycles. The maximum Gasteiger partial charge on any atom is 0.146 e. The van der Waals surface area contributed by atoms with E-state index in [-0.39, 0.29) is 0 Å². The van der Waals surface area contributed by atoms with E-state index in [1.165, 1.54) is 0 Å². The molecule has 1 heterocycles. The number of hydrogen-bond donors (Lipinski definition) is 0. The summed E-state index contributed by atoms with van der Waals surface area (Å²) in [5.74, 6) is 0.785. The summed E-state index contributed by atoms with van der Waals surface area (Å²) in [5, 5.41) is 3.93. The summed E-state index contributed by atoms with van der Waals surface area (Å²) in [6, 6.07) is 0.